The van der Waals surface area contributed by atoms with Crippen molar-refractivity contribution in [2.75, 3.05) is 10.6 Å². The maximum Gasteiger partial charge on any atom is 0.224 e. The summed E-state index contributed by atoms with van der Waals surface area (Å²) in [4.78, 5) is 11.6. The number of anilines is 2. The fraction of sp³-hybridized carbons (Fsp3) is 0.267. The average Bonchev–Trinajstić information content (AvgIpc) is 3.09. The van der Waals surface area contributed by atoms with E-state index in [4.69, 9.17) is 5.26 Å². The Morgan fingerprint density at radius 3 is 2.70 bits per heavy atom. The Morgan fingerprint density at radius 1 is 1.35 bits per heavy atom. The van der Waals surface area contributed by atoms with Gasteiger partial charge in [-0.2, -0.15) is 10.5 Å². The number of H-pyrrole nitrogens is 1. The highest BCUT2D eigenvalue weighted by Crippen LogP contribution is 2.15. The number of aromatic amines is 1. The lowest BCUT2D eigenvalue weighted by atomic mass is 10.2. The van der Waals surface area contributed by atoms with Gasteiger partial charge in [0, 0.05) is 24.0 Å². The topological polar surface area (TPSA) is 119 Å². The van der Waals surface area contributed by atoms with Crippen molar-refractivity contribution in [1.29, 1.82) is 5.26 Å². The highest BCUT2D eigenvalue weighted by Gasteiger charge is 2.05. The van der Waals surface area contributed by atoms with Crippen molar-refractivity contribution < 1.29 is 4.79 Å². The Labute approximate surface area is 133 Å². The van der Waals surface area contributed by atoms with Crippen LogP contribution in [-0.2, 0) is 4.79 Å². The molecule has 3 N–H and O–H groups in total. The van der Waals surface area contributed by atoms with Crippen molar-refractivity contribution in [2.45, 2.75) is 26.2 Å². The monoisotopic (exact) mass is 311 g/mol. The summed E-state index contributed by atoms with van der Waals surface area (Å²) in [5.41, 5.74) is 1.77. The third-order valence-electron chi connectivity index (χ3n) is 3.02. The van der Waals surface area contributed by atoms with Gasteiger partial charge >= 0.3 is 0 Å². The summed E-state index contributed by atoms with van der Waals surface area (Å²) in [5.74, 6) is 0.233. The second-order valence-corrected chi connectivity index (χ2v) is 4.78. The van der Waals surface area contributed by atoms with Gasteiger partial charge in [0.25, 0.3) is 0 Å². The number of carbonyl (C=O) groups is 1. The lowest BCUT2D eigenvalue weighted by Gasteiger charge is -2.06. The first-order valence-corrected chi connectivity index (χ1v) is 7.23. The molecule has 8 heteroatoms. The van der Waals surface area contributed by atoms with Gasteiger partial charge in [-0.3, -0.25) is 4.79 Å². The number of amides is 1. The maximum absolute atomic E-state index is 11.6. The molecule has 23 heavy (non-hydrogen) atoms. The highest BCUT2D eigenvalue weighted by molar-refractivity contribution is 5.90. The summed E-state index contributed by atoms with van der Waals surface area (Å²) in [6, 6.07) is 9.18. The lowest BCUT2D eigenvalue weighted by Crippen LogP contribution is -2.10. The van der Waals surface area contributed by atoms with Gasteiger partial charge in [0.1, 0.15) is 11.6 Å². The zero-order valence-corrected chi connectivity index (χ0v) is 12.7. The van der Waals surface area contributed by atoms with Crippen molar-refractivity contribution in [3.8, 4) is 6.07 Å². The summed E-state index contributed by atoms with van der Waals surface area (Å²) in [7, 11) is 0. The van der Waals surface area contributed by atoms with Gasteiger partial charge in [-0.25, -0.2) is 0 Å². The molecule has 0 spiro atoms. The van der Waals surface area contributed by atoms with E-state index in [1.807, 2.05) is 13.0 Å². The van der Waals surface area contributed by atoms with Crippen LogP contribution in [0.2, 0.25) is 0 Å². The largest absolute Gasteiger partial charge is 0.360 e. The average molecular weight is 311 g/mol. The van der Waals surface area contributed by atoms with Gasteiger partial charge in [0.2, 0.25) is 11.7 Å². The number of allylic oxidation sites excluding steroid dienone is 1. The Balaban J connectivity index is 1.95. The third-order valence-corrected chi connectivity index (χ3v) is 3.02. The normalized spacial score (nSPS) is 10.9. The molecule has 1 amide bonds. The summed E-state index contributed by atoms with van der Waals surface area (Å²) in [6.07, 6.45) is 3.89. The molecule has 0 fully saturated rings. The van der Waals surface area contributed by atoms with Gasteiger partial charge < -0.3 is 10.6 Å². The number of benzene rings is 1. The first-order valence-electron chi connectivity index (χ1n) is 7.23. The fourth-order valence-corrected chi connectivity index (χ4v) is 1.79. The van der Waals surface area contributed by atoms with Gasteiger partial charge in [-0.1, -0.05) is 13.3 Å². The highest BCUT2D eigenvalue weighted by atomic mass is 16.1. The Morgan fingerprint density at radius 2 is 2.09 bits per heavy atom. The second kappa shape index (κ2) is 8.29. The van der Waals surface area contributed by atoms with E-state index in [2.05, 4.69) is 31.3 Å². The number of rotatable bonds is 7. The van der Waals surface area contributed by atoms with Crippen LogP contribution in [0.3, 0.4) is 0 Å². The second-order valence-electron chi connectivity index (χ2n) is 4.78. The molecule has 1 aromatic carbocycles. The zero-order chi connectivity index (χ0) is 16.5. The molecule has 2 rings (SSSR count). The van der Waals surface area contributed by atoms with Crippen LogP contribution in [0.4, 0.5) is 11.4 Å². The number of hydrogen-bond acceptors (Lipinski definition) is 6. The predicted octanol–water partition coefficient (Wildman–Crippen LogP) is 2.30. The Bertz CT molecular complexity index is 698. The van der Waals surface area contributed by atoms with Crippen LogP contribution in [0.1, 0.15) is 32.0 Å². The van der Waals surface area contributed by atoms with Gasteiger partial charge in [0.05, 0.1) is 0 Å². The Hall–Kier alpha value is -3.21. The van der Waals surface area contributed by atoms with E-state index < -0.39 is 0 Å². The van der Waals surface area contributed by atoms with Crippen LogP contribution in [0.25, 0.3) is 5.57 Å². The summed E-state index contributed by atoms with van der Waals surface area (Å²) >= 11 is 0. The summed E-state index contributed by atoms with van der Waals surface area (Å²) < 4.78 is 0. The van der Waals surface area contributed by atoms with Crippen molar-refractivity contribution >= 4 is 22.9 Å². The molecule has 0 aliphatic heterocycles. The van der Waals surface area contributed by atoms with Crippen LogP contribution < -0.4 is 10.6 Å². The van der Waals surface area contributed by atoms with Crippen LogP contribution >= 0.6 is 0 Å². The number of nitrogens with zero attached hydrogens (tertiary/aromatic N) is 4. The molecule has 0 radical (unpaired) electrons. The van der Waals surface area contributed by atoms with E-state index in [0.29, 0.717) is 6.42 Å². The molecule has 0 saturated heterocycles. The van der Waals surface area contributed by atoms with Crippen molar-refractivity contribution in [2.24, 2.45) is 0 Å². The molecule has 1 aromatic heterocycles. The molecule has 1 heterocycles. The molecule has 0 aliphatic carbocycles. The van der Waals surface area contributed by atoms with Crippen LogP contribution in [-0.4, -0.2) is 26.5 Å². The van der Waals surface area contributed by atoms with Gasteiger partial charge in [-0.15, -0.1) is 10.2 Å². The number of nitrogens with one attached hydrogen (secondary N) is 3. The zero-order valence-electron chi connectivity index (χ0n) is 12.7. The van der Waals surface area contributed by atoms with E-state index in [9.17, 15) is 4.79 Å². The molecule has 0 atom stereocenters. The van der Waals surface area contributed by atoms with Crippen molar-refractivity contribution in [3.63, 3.8) is 0 Å². The standard InChI is InChI=1S/C15H17N7O/c1-2-3-4-14(23)18-13-7-5-12(6-8-13)17-10-11(9-16)15-19-21-22-20-15/h5-8,10,17H,2-4H2,1H3,(H,18,23)(H,19,20,21,22). The minimum atomic E-state index is 0.0105. The van der Waals surface area contributed by atoms with E-state index in [-0.39, 0.29) is 17.3 Å². The first kappa shape index (κ1) is 16.2. The quantitative estimate of drug-likeness (QED) is 0.675. The van der Waals surface area contributed by atoms with Crippen LogP contribution in [0.15, 0.2) is 30.5 Å². The molecular formula is C15H17N7O. The van der Waals surface area contributed by atoms with Crippen molar-refractivity contribution in [1.82, 2.24) is 20.6 Å². The Kier molecular flexibility index (Phi) is 5.82. The molecule has 2 aromatic rings. The van der Waals surface area contributed by atoms with Crippen LogP contribution in [0, 0.1) is 11.3 Å². The number of unbranched alkanes of at least 4 members (excludes halogenated alkanes) is 1. The molecule has 0 unspecified atom stereocenters. The minimum absolute atomic E-state index is 0.0105. The van der Waals surface area contributed by atoms with E-state index in [1.54, 1.807) is 24.3 Å². The lowest BCUT2D eigenvalue weighted by molar-refractivity contribution is -0.116. The SMILES string of the molecule is CCCCC(=O)Nc1ccc(NC=C(C#N)c2nn[nH]n2)cc1. The van der Waals surface area contributed by atoms with Crippen molar-refractivity contribution in [3.05, 3.63) is 36.3 Å². The number of carbonyl (C=O) groups excluding carboxylic acids is 1. The summed E-state index contributed by atoms with van der Waals surface area (Å²) in [5, 5.41) is 28.1. The molecular weight excluding hydrogens is 294 g/mol. The number of aromatic nitrogens is 4. The van der Waals surface area contributed by atoms with E-state index in [1.165, 1.54) is 6.20 Å². The molecule has 0 aliphatic rings. The fourth-order valence-electron chi connectivity index (χ4n) is 1.79. The number of nitriles is 1. The predicted molar refractivity (Wildman–Crippen MR) is 86.0 cm³/mol. The van der Waals surface area contributed by atoms with Crippen LogP contribution in [0.5, 0.6) is 0 Å². The van der Waals surface area contributed by atoms with E-state index >= 15 is 0 Å². The molecule has 8 nitrogen and oxygen atoms in total. The smallest absolute Gasteiger partial charge is 0.224 e. The number of hydrogen-bond donors (Lipinski definition) is 3. The van der Waals surface area contributed by atoms with Gasteiger partial charge in [0.15, 0.2) is 0 Å². The summed E-state index contributed by atoms with van der Waals surface area (Å²) in [6.45, 7) is 2.05. The third kappa shape index (κ3) is 4.93. The van der Waals surface area contributed by atoms with Gasteiger partial charge in [-0.05, 0) is 35.9 Å². The maximum atomic E-state index is 11.6. The molecule has 0 bridgehead atoms. The molecule has 118 valence electrons. The first-order chi connectivity index (χ1) is 11.2. The van der Waals surface area contributed by atoms with E-state index in [0.717, 1.165) is 24.2 Å². The molecule has 0 saturated carbocycles. The minimum Gasteiger partial charge on any atom is -0.360 e. The number of tetrazole rings is 1.